The van der Waals surface area contributed by atoms with Crippen LogP contribution in [0.5, 0.6) is 0 Å². The maximum Gasteiger partial charge on any atom is 0.328 e. The molecule has 0 aromatic heterocycles. The van der Waals surface area contributed by atoms with Crippen LogP contribution in [0.1, 0.15) is 36.2 Å². The van der Waals surface area contributed by atoms with Gasteiger partial charge in [0.15, 0.2) is 0 Å². The Morgan fingerprint density at radius 3 is 2.28 bits per heavy atom. The second-order valence-corrected chi connectivity index (χ2v) is 6.69. The van der Waals surface area contributed by atoms with Crippen molar-refractivity contribution in [2.45, 2.75) is 32.9 Å². The van der Waals surface area contributed by atoms with Crippen LogP contribution in [-0.2, 0) is 16.1 Å². The number of amides is 1. The molecule has 0 aliphatic heterocycles. The normalized spacial score (nSPS) is 11.8. The second-order valence-electron chi connectivity index (χ2n) is 6.26. The van der Waals surface area contributed by atoms with E-state index < -0.39 is 12.0 Å². The van der Waals surface area contributed by atoms with Crippen molar-refractivity contribution in [3.63, 3.8) is 0 Å². The molecule has 0 saturated heterocycles. The number of esters is 1. The fourth-order valence-corrected chi connectivity index (χ4v) is 2.48. The third-order valence-electron chi connectivity index (χ3n) is 3.63. The molecule has 2 aromatic carbocycles. The van der Waals surface area contributed by atoms with E-state index in [0.29, 0.717) is 17.0 Å². The van der Waals surface area contributed by atoms with Crippen molar-refractivity contribution >= 4 is 23.5 Å². The summed E-state index contributed by atoms with van der Waals surface area (Å²) in [5, 5.41) is 3.32. The molecule has 0 heterocycles. The molecule has 0 aliphatic carbocycles. The van der Waals surface area contributed by atoms with Crippen LogP contribution in [0.4, 0.5) is 0 Å². The first kappa shape index (κ1) is 19.0. The summed E-state index contributed by atoms with van der Waals surface area (Å²) in [5.74, 6) is -0.515. The van der Waals surface area contributed by atoms with Gasteiger partial charge in [-0.15, -0.1) is 0 Å². The molecule has 5 heteroatoms. The van der Waals surface area contributed by atoms with E-state index in [1.54, 1.807) is 24.3 Å². The summed E-state index contributed by atoms with van der Waals surface area (Å²) in [6.07, 6.45) is 0.507. The van der Waals surface area contributed by atoms with Gasteiger partial charge in [-0.3, -0.25) is 4.79 Å². The molecule has 1 N–H and O–H groups in total. The summed E-state index contributed by atoms with van der Waals surface area (Å²) in [5.41, 5.74) is 1.36. The zero-order valence-corrected chi connectivity index (χ0v) is 15.1. The fraction of sp³-hybridized carbons (Fsp3) is 0.300. The average molecular weight is 360 g/mol. The van der Waals surface area contributed by atoms with Gasteiger partial charge in [0.05, 0.1) is 0 Å². The first-order chi connectivity index (χ1) is 12.0. The summed E-state index contributed by atoms with van der Waals surface area (Å²) in [7, 11) is 0. The zero-order valence-electron chi connectivity index (χ0n) is 14.4. The van der Waals surface area contributed by atoms with E-state index in [2.05, 4.69) is 5.32 Å². The molecule has 1 amide bonds. The van der Waals surface area contributed by atoms with Crippen LogP contribution in [0, 0.1) is 5.92 Å². The van der Waals surface area contributed by atoms with Crippen molar-refractivity contribution in [1.82, 2.24) is 5.32 Å². The zero-order chi connectivity index (χ0) is 18.2. The largest absolute Gasteiger partial charge is 0.459 e. The molecule has 2 aromatic rings. The highest BCUT2D eigenvalue weighted by molar-refractivity contribution is 6.30. The predicted molar refractivity (Wildman–Crippen MR) is 98.4 cm³/mol. The Morgan fingerprint density at radius 2 is 1.68 bits per heavy atom. The standard InChI is InChI=1S/C20H22ClNO3/c1-14(2)12-18(20(24)25-13-15-6-4-3-5-7-15)22-19(23)16-8-10-17(21)11-9-16/h3-11,14,18H,12-13H2,1-2H3,(H,22,23)/t18-/m0/s1. The molecule has 4 nitrogen and oxygen atoms in total. The van der Waals surface area contributed by atoms with Gasteiger partial charge >= 0.3 is 5.97 Å². The van der Waals surface area contributed by atoms with Gasteiger partial charge in [0, 0.05) is 10.6 Å². The molecule has 0 unspecified atom stereocenters. The summed E-state index contributed by atoms with van der Waals surface area (Å²) in [4.78, 5) is 24.8. The monoisotopic (exact) mass is 359 g/mol. The first-order valence-corrected chi connectivity index (χ1v) is 8.60. The predicted octanol–water partition coefficient (Wildman–Crippen LogP) is 4.23. The van der Waals surface area contributed by atoms with Gasteiger partial charge in [-0.05, 0) is 42.2 Å². The van der Waals surface area contributed by atoms with Crippen LogP contribution in [0.3, 0.4) is 0 Å². The Kier molecular flexibility index (Phi) is 7.02. The molecule has 25 heavy (non-hydrogen) atoms. The lowest BCUT2D eigenvalue weighted by Gasteiger charge is -2.19. The Bertz CT molecular complexity index is 699. The number of halogens is 1. The molecule has 2 rings (SSSR count). The number of benzene rings is 2. The highest BCUT2D eigenvalue weighted by atomic mass is 35.5. The molecular formula is C20H22ClNO3. The molecular weight excluding hydrogens is 338 g/mol. The summed E-state index contributed by atoms with van der Waals surface area (Å²) < 4.78 is 5.37. The third kappa shape index (κ3) is 6.24. The lowest BCUT2D eigenvalue weighted by atomic mass is 10.0. The number of carbonyl (C=O) groups is 2. The fourth-order valence-electron chi connectivity index (χ4n) is 2.36. The van der Waals surface area contributed by atoms with Crippen LogP contribution in [-0.4, -0.2) is 17.9 Å². The third-order valence-corrected chi connectivity index (χ3v) is 3.88. The Morgan fingerprint density at radius 1 is 1.04 bits per heavy atom. The van der Waals surface area contributed by atoms with Crippen molar-refractivity contribution in [2.24, 2.45) is 5.92 Å². The Hall–Kier alpha value is -2.33. The summed E-state index contributed by atoms with van der Waals surface area (Å²) in [6, 6.07) is 15.3. The number of ether oxygens (including phenoxy) is 1. The minimum absolute atomic E-state index is 0.186. The maximum atomic E-state index is 12.4. The van der Waals surface area contributed by atoms with E-state index in [9.17, 15) is 9.59 Å². The van der Waals surface area contributed by atoms with Crippen LogP contribution in [0.25, 0.3) is 0 Å². The Balaban J connectivity index is 2.00. The van der Waals surface area contributed by atoms with E-state index in [1.165, 1.54) is 0 Å². The molecule has 0 spiro atoms. The Labute approximate surface area is 153 Å². The van der Waals surface area contributed by atoms with Gasteiger partial charge in [-0.1, -0.05) is 55.8 Å². The van der Waals surface area contributed by atoms with Crippen molar-refractivity contribution in [3.05, 3.63) is 70.7 Å². The first-order valence-electron chi connectivity index (χ1n) is 8.22. The lowest BCUT2D eigenvalue weighted by molar-refractivity contribution is -0.147. The highest BCUT2D eigenvalue weighted by Crippen LogP contribution is 2.12. The van der Waals surface area contributed by atoms with E-state index in [4.69, 9.17) is 16.3 Å². The SMILES string of the molecule is CC(C)C[C@H](NC(=O)c1ccc(Cl)cc1)C(=O)OCc1ccccc1. The van der Waals surface area contributed by atoms with E-state index in [-0.39, 0.29) is 18.4 Å². The average Bonchev–Trinajstić information content (AvgIpc) is 2.60. The molecule has 0 fully saturated rings. The smallest absolute Gasteiger partial charge is 0.328 e. The molecule has 0 radical (unpaired) electrons. The topological polar surface area (TPSA) is 55.4 Å². The number of nitrogens with one attached hydrogen (secondary N) is 1. The molecule has 0 bridgehead atoms. The van der Waals surface area contributed by atoms with Gasteiger partial charge < -0.3 is 10.1 Å². The lowest BCUT2D eigenvalue weighted by Crippen LogP contribution is -2.42. The maximum absolute atomic E-state index is 12.4. The van der Waals surface area contributed by atoms with E-state index in [1.807, 2.05) is 44.2 Å². The van der Waals surface area contributed by atoms with Crippen LogP contribution < -0.4 is 5.32 Å². The van der Waals surface area contributed by atoms with Crippen molar-refractivity contribution < 1.29 is 14.3 Å². The van der Waals surface area contributed by atoms with Crippen LogP contribution in [0.15, 0.2) is 54.6 Å². The number of rotatable bonds is 7. The van der Waals surface area contributed by atoms with Crippen molar-refractivity contribution in [3.8, 4) is 0 Å². The van der Waals surface area contributed by atoms with Gasteiger partial charge in [-0.2, -0.15) is 0 Å². The molecule has 1 atom stereocenters. The van der Waals surface area contributed by atoms with Crippen LogP contribution in [0.2, 0.25) is 5.02 Å². The van der Waals surface area contributed by atoms with E-state index >= 15 is 0 Å². The van der Waals surface area contributed by atoms with Gasteiger partial charge in [0.1, 0.15) is 12.6 Å². The number of carbonyl (C=O) groups excluding carboxylic acids is 2. The van der Waals surface area contributed by atoms with Crippen molar-refractivity contribution in [1.29, 1.82) is 0 Å². The quantitative estimate of drug-likeness (QED) is 0.753. The number of hydrogen-bond acceptors (Lipinski definition) is 3. The minimum Gasteiger partial charge on any atom is -0.459 e. The van der Waals surface area contributed by atoms with Crippen LogP contribution >= 0.6 is 11.6 Å². The summed E-state index contributed by atoms with van der Waals surface area (Å²) in [6.45, 7) is 4.17. The molecule has 0 aliphatic rings. The minimum atomic E-state index is -0.688. The summed E-state index contributed by atoms with van der Waals surface area (Å²) >= 11 is 5.84. The van der Waals surface area contributed by atoms with Gasteiger partial charge in [-0.25, -0.2) is 4.79 Å². The molecule has 0 saturated carbocycles. The van der Waals surface area contributed by atoms with Gasteiger partial charge in [0.25, 0.3) is 5.91 Å². The van der Waals surface area contributed by atoms with Crippen molar-refractivity contribution in [2.75, 3.05) is 0 Å². The number of hydrogen-bond donors (Lipinski definition) is 1. The second kappa shape index (κ2) is 9.23. The van der Waals surface area contributed by atoms with Gasteiger partial charge in [0.2, 0.25) is 0 Å². The highest BCUT2D eigenvalue weighted by Gasteiger charge is 2.24. The van der Waals surface area contributed by atoms with E-state index in [0.717, 1.165) is 5.56 Å². The molecule has 132 valence electrons.